The van der Waals surface area contributed by atoms with Crippen LogP contribution in [0.5, 0.6) is 0 Å². The molecule has 0 aromatic carbocycles. The first-order valence-electron chi connectivity index (χ1n) is 3.28. The Bertz CT molecular complexity index is 88.9. The molecular weight excluding hydrogens is 126 g/mol. The molecule has 0 aliphatic heterocycles. The van der Waals surface area contributed by atoms with Crippen LogP contribution >= 0.6 is 0 Å². The van der Waals surface area contributed by atoms with E-state index in [-0.39, 0.29) is 0 Å². The van der Waals surface area contributed by atoms with Gasteiger partial charge in [0.25, 0.3) is 0 Å². The van der Waals surface area contributed by atoms with Gasteiger partial charge in [-0.2, -0.15) is 0 Å². The molecule has 3 nitrogen and oxygen atoms in total. The van der Waals surface area contributed by atoms with Crippen LogP contribution in [0.3, 0.4) is 0 Å². The van der Waals surface area contributed by atoms with Gasteiger partial charge < -0.3 is 10.6 Å². The highest BCUT2D eigenvalue weighted by molar-refractivity contribution is 5.51. The maximum absolute atomic E-state index is 6.66. The lowest BCUT2D eigenvalue weighted by Crippen LogP contribution is -2.04. The second kappa shape index (κ2) is 11.0. The van der Waals surface area contributed by atoms with Crippen molar-refractivity contribution in [3.63, 3.8) is 0 Å². The van der Waals surface area contributed by atoms with Crippen molar-refractivity contribution in [3.8, 4) is 0 Å². The quantitative estimate of drug-likeness (QED) is 0.448. The lowest BCUT2D eigenvalue weighted by molar-refractivity contribution is 0.704. The van der Waals surface area contributed by atoms with Crippen molar-refractivity contribution in [3.05, 3.63) is 12.3 Å². The molecule has 0 fully saturated rings. The minimum Gasteiger partial charge on any atom is -0.343 e. The van der Waals surface area contributed by atoms with E-state index in [1.54, 1.807) is 4.90 Å². The fourth-order valence-electron chi connectivity index (χ4n) is 0.278. The van der Waals surface area contributed by atoms with Crippen LogP contribution in [0, 0.1) is 5.41 Å². The number of hydrogen-bond donors (Lipinski definition) is 2. The Morgan fingerprint density at radius 1 is 1.60 bits per heavy atom. The third-order valence-electron chi connectivity index (χ3n) is 0.588. The van der Waals surface area contributed by atoms with Gasteiger partial charge in [-0.1, -0.05) is 13.0 Å². The Morgan fingerprint density at radius 3 is 2.10 bits per heavy atom. The van der Waals surface area contributed by atoms with Gasteiger partial charge in [0.15, 0.2) is 0 Å². The van der Waals surface area contributed by atoms with E-state index >= 15 is 0 Å². The highest BCUT2D eigenvalue weighted by Gasteiger charge is 1.73. The Labute approximate surface area is 63.0 Å². The maximum Gasteiger partial charge on any atom is 0.0854 e. The number of hydrogen-bond acceptors (Lipinski definition) is 2. The molecule has 0 aromatic rings. The standard InChI is InChI=1S/C5H10N2.C2H7N/c1-3-4-7(2)5-6;1-2-3/h3-6H,1-2H3;2-3H2,1H3/b4-3+,6-5?;. The lowest BCUT2D eigenvalue weighted by atomic mass is 10.7. The van der Waals surface area contributed by atoms with Crippen molar-refractivity contribution in [2.75, 3.05) is 13.6 Å². The minimum absolute atomic E-state index is 0.750. The van der Waals surface area contributed by atoms with E-state index < -0.39 is 0 Å². The predicted molar refractivity (Wildman–Crippen MR) is 46.1 cm³/mol. The number of nitrogens with one attached hydrogen (secondary N) is 1. The second-order valence-corrected chi connectivity index (χ2v) is 1.69. The maximum atomic E-state index is 6.66. The first kappa shape index (κ1) is 11.9. The van der Waals surface area contributed by atoms with E-state index in [1.807, 2.05) is 33.2 Å². The fourth-order valence-corrected chi connectivity index (χ4v) is 0.278. The number of rotatable bonds is 2. The van der Waals surface area contributed by atoms with E-state index in [4.69, 9.17) is 11.1 Å². The van der Waals surface area contributed by atoms with Crippen LogP contribution in [-0.2, 0) is 0 Å². The summed E-state index contributed by atoms with van der Waals surface area (Å²) >= 11 is 0. The first-order chi connectivity index (χ1) is 4.72. The van der Waals surface area contributed by atoms with Crippen molar-refractivity contribution in [2.45, 2.75) is 13.8 Å². The topological polar surface area (TPSA) is 53.1 Å². The molecule has 10 heavy (non-hydrogen) atoms. The molecule has 3 N–H and O–H groups in total. The monoisotopic (exact) mass is 143 g/mol. The van der Waals surface area contributed by atoms with Crippen molar-refractivity contribution < 1.29 is 0 Å². The van der Waals surface area contributed by atoms with Gasteiger partial charge in [0, 0.05) is 13.2 Å². The summed E-state index contributed by atoms with van der Waals surface area (Å²) in [5, 5.41) is 6.66. The second-order valence-electron chi connectivity index (χ2n) is 1.69. The molecule has 0 saturated heterocycles. The van der Waals surface area contributed by atoms with E-state index in [2.05, 4.69) is 0 Å². The van der Waals surface area contributed by atoms with Crippen molar-refractivity contribution in [1.82, 2.24) is 4.90 Å². The van der Waals surface area contributed by atoms with Gasteiger partial charge >= 0.3 is 0 Å². The number of nitrogens with two attached hydrogens (primary N) is 1. The zero-order valence-electron chi connectivity index (χ0n) is 6.96. The van der Waals surface area contributed by atoms with Crippen LogP contribution in [-0.4, -0.2) is 24.8 Å². The van der Waals surface area contributed by atoms with Gasteiger partial charge in [0.1, 0.15) is 0 Å². The molecule has 0 unspecified atom stereocenters. The van der Waals surface area contributed by atoms with Crippen LogP contribution in [0.25, 0.3) is 0 Å². The fraction of sp³-hybridized carbons (Fsp3) is 0.571. The largest absolute Gasteiger partial charge is 0.343 e. The molecular formula is C7H17N3. The average molecular weight is 143 g/mol. The summed E-state index contributed by atoms with van der Waals surface area (Å²) < 4.78 is 0. The summed E-state index contributed by atoms with van der Waals surface area (Å²) in [4.78, 5) is 1.67. The lowest BCUT2D eigenvalue weighted by Gasteiger charge is -2.00. The molecule has 0 spiro atoms. The van der Waals surface area contributed by atoms with Crippen LogP contribution in [0.1, 0.15) is 13.8 Å². The Hall–Kier alpha value is -0.830. The third kappa shape index (κ3) is 15.7. The molecule has 60 valence electrons. The van der Waals surface area contributed by atoms with Crippen molar-refractivity contribution in [2.24, 2.45) is 5.73 Å². The summed E-state index contributed by atoms with van der Waals surface area (Å²) in [6, 6.07) is 0. The molecule has 0 saturated carbocycles. The van der Waals surface area contributed by atoms with Crippen LogP contribution < -0.4 is 5.73 Å². The molecule has 0 amide bonds. The summed E-state index contributed by atoms with van der Waals surface area (Å²) in [6.07, 6.45) is 4.94. The molecule has 0 aromatic heterocycles. The molecule has 0 radical (unpaired) electrons. The summed E-state index contributed by atoms with van der Waals surface area (Å²) in [5.74, 6) is 0. The van der Waals surface area contributed by atoms with Crippen LogP contribution in [0.2, 0.25) is 0 Å². The van der Waals surface area contributed by atoms with E-state index in [0.29, 0.717) is 0 Å². The third-order valence-corrected chi connectivity index (χ3v) is 0.588. The minimum atomic E-state index is 0.750. The first-order valence-corrected chi connectivity index (χ1v) is 3.28. The highest BCUT2D eigenvalue weighted by atomic mass is 15.1. The Balaban J connectivity index is 0. The van der Waals surface area contributed by atoms with Gasteiger partial charge in [-0.05, 0) is 13.5 Å². The smallest absolute Gasteiger partial charge is 0.0854 e. The summed E-state index contributed by atoms with van der Waals surface area (Å²) in [6.45, 7) is 4.57. The van der Waals surface area contributed by atoms with E-state index in [9.17, 15) is 0 Å². The molecule has 3 heteroatoms. The summed E-state index contributed by atoms with van der Waals surface area (Å²) in [7, 11) is 1.81. The van der Waals surface area contributed by atoms with Crippen molar-refractivity contribution >= 4 is 6.34 Å². The highest BCUT2D eigenvalue weighted by Crippen LogP contribution is 1.74. The molecule has 0 atom stereocenters. The van der Waals surface area contributed by atoms with Gasteiger partial charge in [-0.15, -0.1) is 0 Å². The van der Waals surface area contributed by atoms with Gasteiger partial charge in [0.05, 0.1) is 6.34 Å². The number of allylic oxidation sites excluding steroid dienone is 1. The van der Waals surface area contributed by atoms with E-state index in [1.165, 1.54) is 6.34 Å². The van der Waals surface area contributed by atoms with Crippen LogP contribution in [0.4, 0.5) is 0 Å². The molecule has 0 aliphatic carbocycles. The zero-order valence-corrected chi connectivity index (χ0v) is 6.96. The Kier molecular flexibility index (Phi) is 13.1. The SMILES string of the molecule is C/C=C/N(C)C=N.CCN. The van der Waals surface area contributed by atoms with Gasteiger partial charge in [-0.25, -0.2) is 0 Å². The normalized spacial score (nSPS) is 8.40. The van der Waals surface area contributed by atoms with Crippen LogP contribution in [0.15, 0.2) is 12.3 Å². The molecule has 0 aliphatic rings. The molecule has 0 heterocycles. The predicted octanol–water partition coefficient (Wildman–Crippen LogP) is 1.02. The molecule has 0 bridgehead atoms. The Morgan fingerprint density at radius 2 is 2.00 bits per heavy atom. The molecule has 0 rings (SSSR count). The zero-order chi connectivity index (χ0) is 8.41. The summed E-state index contributed by atoms with van der Waals surface area (Å²) in [5.41, 5.74) is 4.85. The average Bonchev–Trinajstić information content (AvgIpc) is 1.90. The van der Waals surface area contributed by atoms with Gasteiger partial charge in [0.2, 0.25) is 0 Å². The number of nitrogens with zero attached hydrogens (tertiary/aromatic N) is 1. The van der Waals surface area contributed by atoms with Gasteiger partial charge in [-0.3, -0.25) is 5.41 Å². The van der Waals surface area contributed by atoms with E-state index in [0.717, 1.165) is 6.54 Å². The van der Waals surface area contributed by atoms with Crippen molar-refractivity contribution in [1.29, 1.82) is 5.41 Å².